The zero-order valence-electron chi connectivity index (χ0n) is 19.3. The second-order valence-corrected chi connectivity index (χ2v) is 8.64. The molecule has 0 saturated carbocycles. The maximum absolute atomic E-state index is 13.3. The fourth-order valence-electron chi connectivity index (χ4n) is 4.74. The van der Waals surface area contributed by atoms with E-state index in [0.29, 0.717) is 26.1 Å². The van der Waals surface area contributed by atoms with Gasteiger partial charge in [0.25, 0.3) is 0 Å². The molecule has 5 rings (SSSR count). The van der Waals surface area contributed by atoms with Gasteiger partial charge in [0.1, 0.15) is 11.6 Å². The average Bonchev–Trinajstić information content (AvgIpc) is 3.22. The number of anilines is 1. The third kappa shape index (κ3) is 4.49. The molecule has 34 heavy (non-hydrogen) atoms. The molecule has 0 unspecified atom stereocenters. The third-order valence-corrected chi connectivity index (χ3v) is 6.54. The van der Waals surface area contributed by atoms with Gasteiger partial charge in [-0.05, 0) is 41.5 Å². The Morgan fingerprint density at radius 2 is 1.62 bits per heavy atom. The summed E-state index contributed by atoms with van der Waals surface area (Å²) in [6.07, 6.45) is 2.43. The molecule has 0 bridgehead atoms. The van der Waals surface area contributed by atoms with Gasteiger partial charge in [0.15, 0.2) is 0 Å². The number of ether oxygens (including phenoxy) is 1. The lowest BCUT2D eigenvalue weighted by molar-refractivity contribution is -0.130. The molecular formula is C28H28FN3O2. The second kappa shape index (κ2) is 9.59. The van der Waals surface area contributed by atoms with Crippen LogP contribution in [0.15, 0.2) is 79.0 Å². The van der Waals surface area contributed by atoms with Gasteiger partial charge in [-0.1, -0.05) is 42.5 Å². The van der Waals surface area contributed by atoms with E-state index in [1.165, 1.54) is 12.1 Å². The van der Waals surface area contributed by atoms with E-state index < -0.39 is 0 Å². The summed E-state index contributed by atoms with van der Waals surface area (Å²) < 4.78 is 20.9. The molecule has 4 aromatic rings. The number of benzene rings is 3. The van der Waals surface area contributed by atoms with E-state index in [1.54, 1.807) is 19.2 Å². The Labute approximate surface area is 199 Å². The molecule has 0 N–H and O–H groups in total. The predicted molar refractivity (Wildman–Crippen MR) is 133 cm³/mol. The lowest BCUT2D eigenvalue weighted by Crippen LogP contribution is -2.49. The number of fused-ring (bicyclic) bond motifs is 1. The fraction of sp³-hybridized carbons (Fsp3) is 0.250. The molecule has 0 spiro atoms. The smallest absolute Gasteiger partial charge is 0.227 e. The number of hydrogen-bond donors (Lipinski definition) is 0. The largest absolute Gasteiger partial charge is 0.495 e. The minimum absolute atomic E-state index is 0.143. The van der Waals surface area contributed by atoms with E-state index in [1.807, 2.05) is 35.2 Å². The molecule has 0 radical (unpaired) electrons. The molecule has 1 aliphatic heterocycles. The number of methoxy groups -OCH3 is 1. The summed E-state index contributed by atoms with van der Waals surface area (Å²) in [7, 11) is 1.69. The van der Waals surface area contributed by atoms with Crippen molar-refractivity contribution >= 4 is 22.5 Å². The minimum Gasteiger partial charge on any atom is -0.495 e. The average molecular weight is 458 g/mol. The van der Waals surface area contributed by atoms with Crippen molar-refractivity contribution in [1.82, 2.24) is 9.47 Å². The molecule has 1 fully saturated rings. The van der Waals surface area contributed by atoms with Gasteiger partial charge in [0.05, 0.1) is 19.2 Å². The number of hydrogen-bond acceptors (Lipinski definition) is 3. The fourth-order valence-corrected chi connectivity index (χ4v) is 4.74. The van der Waals surface area contributed by atoms with Gasteiger partial charge in [0, 0.05) is 49.8 Å². The first-order valence-electron chi connectivity index (χ1n) is 11.6. The number of nitrogens with zero attached hydrogens (tertiary/aromatic N) is 3. The standard InChI is InChI=1S/C28H28FN3O2/c1-34-27-9-5-4-8-26(27)30-14-16-31(17-15-30)28(33)18-22-20-32(25-7-3-2-6-24(22)25)19-21-10-12-23(29)13-11-21/h2-13,20H,14-19H2,1H3. The number of aromatic nitrogens is 1. The van der Waals surface area contributed by atoms with Gasteiger partial charge < -0.3 is 19.1 Å². The Balaban J connectivity index is 1.29. The lowest BCUT2D eigenvalue weighted by Gasteiger charge is -2.36. The minimum atomic E-state index is -0.238. The highest BCUT2D eigenvalue weighted by atomic mass is 19.1. The maximum Gasteiger partial charge on any atom is 0.227 e. The highest BCUT2D eigenvalue weighted by Crippen LogP contribution is 2.29. The number of amides is 1. The van der Waals surface area contributed by atoms with Crippen LogP contribution in [0, 0.1) is 5.82 Å². The van der Waals surface area contributed by atoms with Gasteiger partial charge in [-0.25, -0.2) is 4.39 Å². The first-order valence-corrected chi connectivity index (χ1v) is 11.6. The molecule has 174 valence electrons. The second-order valence-electron chi connectivity index (χ2n) is 8.64. The highest BCUT2D eigenvalue weighted by Gasteiger charge is 2.24. The van der Waals surface area contributed by atoms with Crippen molar-refractivity contribution in [3.8, 4) is 5.75 Å². The predicted octanol–water partition coefficient (Wildman–Crippen LogP) is 4.73. The van der Waals surface area contributed by atoms with Crippen LogP contribution in [-0.4, -0.2) is 48.7 Å². The van der Waals surface area contributed by atoms with Gasteiger partial charge in [-0.2, -0.15) is 0 Å². The van der Waals surface area contributed by atoms with E-state index in [0.717, 1.165) is 46.6 Å². The molecule has 0 aliphatic carbocycles. The molecule has 3 aromatic carbocycles. The number of piperazine rings is 1. The van der Waals surface area contributed by atoms with Crippen LogP contribution in [-0.2, 0) is 17.8 Å². The Bertz CT molecular complexity index is 1290. The van der Waals surface area contributed by atoms with Crippen molar-refractivity contribution in [2.24, 2.45) is 0 Å². The van der Waals surface area contributed by atoms with Crippen molar-refractivity contribution in [3.05, 3.63) is 95.9 Å². The lowest BCUT2D eigenvalue weighted by atomic mass is 10.1. The van der Waals surface area contributed by atoms with Crippen LogP contribution in [0.1, 0.15) is 11.1 Å². The topological polar surface area (TPSA) is 37.7 Å². The van der Waals surface area contributed by atoms with Crippen molar-refractivity contribution in [1.29, 1.82) is 0 Å². The number of para-hydroxylation sites is 3. The Hall–Kier alpha value is -3.80. The molecular weight excluding hydrogens is 429 g/mol. The first-order chi connectivity index (χ1) is 16.6. The monoisotopic (exact) mass is 457 g/mol. The molecule has 2 heterocycles. The summed E-state index contributed by atoms with van der Waals surface area (Å²) in [5, 5.41) is 1.09. The van der Waals surface area contributed by atoms with E-state index in [-0.39, 0.29) is 11.7 Å². The number of carbonyl (C=O) groups is 1. The molecule has 1 aliphatic rings. The van der Waals surface area contributed by atoms with Crippen molar-refractivity contribution in [2.75, 3.05) is 38.2 Å². The van der Waals surface area contributed by atoms with Crippen LogP contribution in [0.5, 0.6) is 5.75 Å². The Morgan fingerprint density at radius 1 is 0.912 bits per heavy atom. The zero-order chi connectivity index (χ0) is 23.5. The van der Waals surface area contributed by atoms with Crippen LogP contribution in [0.4, 0.5) is 10.1 Å². The van der Waals surface area contributed by atoms with Gasteiger partial charge in [0.2, 0.25) is 5.91 Å². The Kier molecular flexibility index (Phi) is 6.21. The summed E-state index contributed by atoms with van der Waals surface area (Å²) in [6, 6.07) is 22.7. The maximum atomic E-state index is 13.3. The molecule has 1 saturated heterocycles. The van der Waals surface area contributed by atoms with Gasteiger partial charge >= 0.3 is 0 Å². The normalized spacial score (nSPS) is 13.9. The van der Waals surface area contributed by atoms with Crippen LogP contribution >= 0.6 is 0 Å². The van der Waals surface area contributed by atoms with Gasteiger partial charge in [-0.3, -0.25) is 4.79 Å². The summed E-state index contributed by atoms with van der Waals surface area (Å²) in [6.45, 7) is 3.56. The van der Waals surface area contributed by atoms with E-state index in [9.17, 15) is 9.18 Å². The van der Waals surface area contributed by atoms with Crippen LogP contribution in [0.2, 0.25) is 0 Å². The van der Waals surface area contributed by atoms with E-state index >= 15 is 0 Å². The quantitative estimate of drug-likeness (QED) is 0.420. The molecule has 1 aromatic heterocycles. The Morgan fingerprint density at radius 3 is 2.38 bits per heavy atom. The van der Waals surface area contributed by atoms with E-state index in [4.69, 9.17) is 4.74 Å². The summed E-state index contributed by atoms with van der Waals surface area (Å²) >= 11 is 0. The number of halogens is 1. The first kappa shape index (κ1) is 22.0. The van der Waals surface area contributed by atoms with E-state index in [2.05, 4.69) is 33.9 Å². The summed E-state index contributed by atoms with van der Waals surface area (Å²) in [5.41, 5.74) is 4.19. The van der Waals surface area contributed by atoms with Crippen LogP contribution in [0.25, 0.3) is 10.9 Å². The zero-order valence-corrected chi connectivity index (χ0v) is 19.3. The summed E-state index contributed by atoms with van der Waals surface area (Å²) in [4.78, 5) is 17.4. The van der Waals surface area contributed by atoms with Crippen molar-refractivity contribution < 1.29 is 13.9 Å². The molecule has 5 nitrogen and oxygen atoms in total. The van der Waals surface area contributed by atoms with Crippen molar-refractivity contribution in [2.45, 2.75) is 13.0 Å². The molecule has 1 amide bonds. The van der Waals surface area contributed by atoms with Gasteiger partial charge in [-0.15, -0.1) is 0 Å². The highest BCUT2D eigenvalue weighted by molar-refractivity contribution is 5.89. The summed E-state index contributed by atoms with van der Waals surface area (Å²) in [5.74, 6) is 0.763. The number of carbonyl (C=O) groups excluding carboxylic acids is 1. The molecule has 6 heteroatoms. The number of rotatable bonds is 6. The molecule has 0 atom stereocenters. The van der Waals surface area contributed by atoms with Crippen LogP contribution in [0.3, 0.4) is 0 Å². The van der Waals surface area contributed by atoms with Crippen molar-refractivity contribution in [3.63, 3.8) is 0 Å². The van der Waals surface area contributed by atoms with Crippen LogP contribution < -0.4 is 9.64 Å². The third-order valence-electron chi connectivity index (χ3n) is 6.54. The SMILES string of the molecule is COc1ccccc1N1CCN(C(=O)Cc2cn(Cc3ccc(F)cc3)c3ccccc23)CC1.